The Morgan fingerprint density at radius 3 is 2.27 bits per heavy atom. The molecular formula is C24H32N3O3+. The van der Waals surface area contributed by atoms with Gasteiger partial charge < -0.3 is 19.9 Å². The van der Waals surface area contributed by atoms with Gasteiger partial charge in [0.2, 0.25) is 0 Å². The van der Waals surface area contributed by atoms with E-state index in [-0.39, 0.29) is 11.8 Å². The molecule has 0 aromatic heterocycles. The van der Waals surface area contributed by atoms with Crippen molar-refractivity contribution < 1.29 is 19.2 Å². The Hall–Kier alpha value is -2.86. The molecule has 1 aliphatic rings. The van der Waals surface area contributed by atoms with Crippen molar-refractivity contribution in [1.82, 2.24) is 4.90 Å². The van der Waals surface area contributed by atoms with E-state index in [0.717, 1.165) is 42.1 Å². The number of rotatable bonds is 7. The van der Waals surface area contributed by atoms with E-state index in [4.69, 9.17) is 4.74 Å². The number of anilines is 1. The summed E-state index contributed by atoms with van der Waals surface area (Å²) in [5, 5.41) is 3.05. The molecule has 3 rings (SSSR count). The second-order valence-electron chi connectivity index (χ2n) is 7.91. The van der Waals surface area contributed by atoms with Gasteiger partial charge in [-0.3, -0.25) is 9.59 Å². The summed E-state index contributed by atoms with van der Waals surface area (Å²) >= 11 is 0. The van der Waals surface area contributed by atoms with Crippen molar-refractivity contribution in [3.05, 3.63) is 59.2 Å². The summed E-state index contributed by atoms with van der Waals surface area (Å²) in [5.74, 6) is 0.846. The largest absolute Gasteiger partial charge is 0.494 e. The summed E-state index contributed by atoms with van der Waals surface area (Å²) in [6, 6.07) is 13.3. The van der Waals surface area contributed by atoms with Crippen molar-refractivity contribution >= 4 is 17.5 Å². The maximum atomic E-state index is 12.8. The van der Waals surface area contributed by atoms with E-state index < -0.39 is 0 Å². The van der Waals surface area contributed by atoms with Crippen LogP contribution >= 0.6 is 0 Å². The molecular weight excluding hydrogens is 378 g/mol. The Labute approximate surface area is 178 Å². The Balaban J connectivity index is 1.48. The SMILES string of the molecule is CCCOc1ccc(C(=O)N2CC[NH+](CC(=O)Nc3c(C)cccc3C)CC2)cc1. The second-order valence-corrected chi connectivity index (χ2v) is 7.91. The molecule has 1 aliphatic heterocycles. The minimum Gasteiger partial charge on any atom is -0.494 e. The van der Waals surface area contributed by atoms with Crippen molar-refractivity contribution in [1.29, 1.82) is 0 Å². The zero-order valence-corrected chi connectivity index (χ0v) is 18.2. The first-order chi connectivity index (χ1) is 14.5. The molecule has 2 N–H and O–H groups in total. The van der Waals surface area contributed by atoms with Gasteiger partial charge in [0, 0.05) is 11.3 Å². The van der Waals surface area contributed by atoms with Crippen molar-refractivity contribution in [2.24, 2.45) is 0 Å². The first-order valence-corrected chi connectivity index (χ1v) is 10.7. The lowest BCUT2D eigenvalue weighted by molar-refractivity contribution is -0.895. The predicted molar refractivity (Wildman–Crippen MR) is 118 cm³/mol. The molecule has 0 bridgehead atoms. The molecule has 30 heavy (non-hydrogen) atoms. The predicted octanol–water partition coefficient (Wildman–Crippen LogP) is 2.07. The van der Waals surface area contributed by atoms with Gasteiger partial charge in [0.05, 0.1) is 32.8 Å². The number of piperazine rings is 1. The highest BCUT2D eigenvalue weighted by Gasteiger charge is 2.26. The summed E-state index contributed by atoms with van der Waals surface area (Å²) in [6.45, 7) is 10.00. The third-order valence-electron chi connectivity index (χ3n) is 5.49. The molecule has 6 nitrogen and oxygen atoms in total. The van der Waals surface area contributed by atoms with E-state index in [1.54, 1.807) is 0 Å². The number of amides is 2. The third kappa shape index (κ3) is 5.60. The van der Waals surface area contributed by atoms with Crippen molar-refractivity contribution in [3.8, 4) is 5.75 Å². The molecule has 1 fully saturated rings. The van der Waals surface area contributed by atoms with Gasteiger partial charge >= 0.3 is 0 Å². The number of carbonyl (C=O) groups is 2. The number of nitrogens with zero attached hydrogens (tertiary/aromatic N) is 1. The number of hydrogen-bond donors (Lipinski definition) is 2. The summed E-state index contributed by atoms with van der Waals surface area (Å²) in [6.07, 6.45) is 0.954. The van der Waals surface area contributed by atoms with Gasteiger partial charge in [-0.15, -0.1) is 0 Å². The van der Waals surface area contributed by atoms with Crippen LogP contribution < -0.4 is 15.0 Å². The number of hydrogen-bond acceptors (Lipinski definition) is 3. The van der Waals surface area contributed by atoms with E-state index in [1.165, 1.54) is 4.90 Å². The van der Waals surface area contributed by atoms with Crippen LogP contribution in [0.1, 0.15) is 34.8 Å². The van der Waals surface area contributed by atoms with Gasteiger partial charge in [0.1, 0.15) is 5.75 Å². The number of ether oxygens (including phenoxy) is 1. The number of nitrogens with one attached hydrogen (secondary N) is 2. The van der Waals surface area contributed by atoms with Gasteiger partial charge in [0.15, 0.2) is 6.54 Å². The minimum atomic E-state index is 0.0184. The number of para-hydroxylation sites is 1. The van der Waals surface area contributed by atoms with E-state index in [1.807, 2.05) is 61.2 Å². The average Bonchev–Trinajstić information content (AvgIpc) is 2.75. The van der Waals surface area contributed by atoms with Crippen molar-refractivity contribution in [3.63, 3.8) is 0 Å². The highest BCUT2D eigenvalue weighted by molar-refractivity contribution is 5.94. The maximum absolute atomic E-state index is 12.8. The first-order valence-electron chi connectivity index (χ1n) is 10.7. The monoisotopic (exact) mass is 410 g/mol. The van der Waals surface area contributed by atoms with Gasteiger partial charge in [-0.05, 0) is 55.7 Å². The Kier molecular flexibility index (Phi) is 7.46. The Morgan fingerprint density at radius 1 is 1.03 bits per heavy atom. The van der Waals surface area contributed by atoms with E-state index in [0.29, 0.717) is 31.8 Å². The smallest absolute Gasteiger partial charge is 0.279 e. The highest BCUT2D eigenvalue weighted by atomic mass is 16.5. The molecule has 0 spiro atoms. The molecule has 1 heterocycles. The van der Waals surface area contributed by atoms with Crippen LogP contribution in [0.25, 0.3) is 0 Å². The van der Waals surface area contributed by atoms with Crippen LogP contribution in [0.4, 0.5) is 5.69 Å². The lowest BCUT2D eigenvalue weighted by Crippen LogP contribution is -3.15. The first kappa shape index (κ1) is 21.8. The molecule has 2 aromatic carbocycles. The zero-order valence-electron chi connectivity index (χ0n) is 18.2. The molecule has 0 atom stereocenters. The Morgan fingerprint density at radius 2 is 1.67 bits per heavy atom. The molecule has 2 aromatic rings. The van der Waals surface area contributed by atoms with Crippen LogP contribution in [0, 0.1) is 13.8 Å². The van der Waals surface area contributed by atoms with Crippen LogP contribution in [-0.4, -0.2) is 56.0 Å². The van der Waals surface area contributed by atoms with Crippen molar-refractivity contribution in [2.75, 3.05) is 44.6 Å². The molecule has 0 saturated carbocycles. The third-order valence-corrected chi connectivity index (χ3v) is 5.49. The normalized spacial score (nSPS) is 14.4. The van der Waals surface area contributed by atoms with Crippen LogP contribution in [-0.2, 0) is 4.79 Å². The van der Waals surface area contributed by atoms with Gasteiger partial charge in [-0.25, -0.2) is 0 Å². The molecule has 1 saturated heterocycles. The fourth-order valence-corrected chi connectivity index (χ4v) is 3.72. The summed E-state index contributed by atoms with van der Waals surface area (Å²) in [5.41, 5.74) is 3.72. The van der Waals surface area contributed by atoms with Crippen LogP contribution in [0.2, 0.25) is 0 Å². The molecule has 0 aliphatic carbocycles. The van der Waals surface area contributed by atoms with Crippen LogP contribution in [0.5, 0.6) is 5.75 Å². The Bertz CT molecular complexity index is 852. The highest BCUT2D eigenvalue weighted by Crippen LogP contribution is 2.19. The number of quaternary nitrogens is 1. The van der Waals surface area contributed by atoms with Crippen LogP contribution in [0.15, 0.2) is 42.5 Å². The van der Waals surface area contributed by atoms with E-state index in [2.05, 4.69) is 12.2 Å². The summed E-state index contributed by atoms with van der Waals surface area (Å²) in [7, 11) is 0. The molecule has 6 heteroatoms. The standard InChI is InChI=1S/C24H31N3O3/c1-4-16-30-21-10-8-20(9-11-21)24(29)27-14-12-26(13-15-27)17-22(28)25-23-18(2)6-5-7-19(23)3/h5-11H,4,12-17H2,1-3H3,(H,25,28)/p+1. The lowest BCUT2D eigenvalue weighted by Gasteiger charge is -2.32. The number of carbonyl (C=O) groups excluding carboxylic acids is 2. The fourth-order valence-electron chi connectivity index (χ4n) is 3.72. The lowest BCUT2D eigenvalue weighted by atomic mass is 10.1. The van der Waals surface area contributed by atoms with Gasteiger partial charge in [0.25, 0.3) is 11.8 Å². The van der Waals surface area contributed by atoms with Gasteiger partial charge in [-0.1, -0.05) is 25.1 Å². The number of benzene rings is 2. The molecule has 2 amide bonds. The van der Waals surface area contributed by atoms with Crippen LogP contribution in [0.3, 0.4) is 0 Å². The van der Waals surface area contributed by atoms with E-state index in [9.17, 15) is 9.59 Å². The topological polar surface area (TPSA) is 63.1 Å². The second kappa shape index (κ2) is 10.3. The number of aryl methyl sites for hydroxylation is 2. The van der Waals surface area contributed by atoms with E-state index >= 15 is 0 Å². The quantitative estimate of drug-likeness (QED) is 0.735. The maximum Gasteiger partial charge on any atom is 0.279 e. The molecule has 0 radical (unpaired) electrons. The average molecular weight is 411 g/mol. The zero-order chi connectivity index (χ0) is 21.5. The fraction of sp³-hybridized carbons (Fsp3) is 0.417. The summed E-state index contributed by atoms with van der Waals surface area (Å²) < 4.78 is 5.58. The summed E-state index contributed by atoms with van der Waals surface area (Å²) in [4.78, 5) is 28.3. The molecule has 0 unspecified atom stereocenters. The van der Waals surface area contributed by atoms with Gasteiger partial charge in [-0.2, -0.15) is 0 Å². The molecule has 160 valence electrons. The minimum absolute atomic E-state index is 0.0184. The van der Waals surface area contributed by atoms with Crippen molar-refractivity contribution in [2.45, 2.75) is 27.2 Å².